The zero-order valence-electron chi connectivity index (χ0n) is 15.6. The van der Waals surface area contributed by atoms with Crippen LogP contribution in [0.1, 0.15) is 30.5 Å². The lowest BCUT2D eigenvalue weighted by atomic mass is 10.1. The molecule has 0 spiro atoms. The summed E-state index contributed by atoms with van der Waals surface area (Å²) in [4.78, 5) is 21.1. The average Bonchev–Trinajstić information content (AvgIpc) is 2.73. The maximum Gasteiger partial charge on any atom is 0.221 e. The third-order valence-corrected chi connectivity index (χ3v) is 4.91. The van der Waals surface area contributed by atoms with Gasteiger partial charge in [-0.25, -0.2) is 4.98 Å². The Morgan fingerprint density at radius 2 is 1.93 bits per heavy atom. The molecule has 0 aliphatic carbocycles. The second-order valence-corrected chi connectivity index (χ2v) is 6.80. The second-order valence-electron chi connectivity index (χ2n) is 6.80. The lowest BCUT2D eigenvalue weighted by Gasteiger charge is -2.35. The highest BCUT2D eigenvalue weighted by molar-refractivity contribution is 5.76. The van der Waals surface area contributed by atoms with Gasteiger partial charge in [-0.15, -0.1) is 0 Å². The highest BCUT2D eigenvalue weighted by Crippen LogP contribution is 2.14. The normalized spacial score (nSPS) is 15.8. The van der Waals surface area contributed by atoms with Crippen LogP contribution in [0.15, 0.2) is 48.7 Å². The summed E-state index contributed by atoms with van der Waals surface area (Å²) in [5.41, 5.74) is 1.70. The highest BCUT2D eigenvalue weighted by Gasteiger charge is 2.19. The summed E-state index contributed by atoms with van der Waals surface area (Å²) in [6.07, 6.45) is 2.12. The van der Waals surface area contributed by atoms with Gasteiger partial charge in [0.05, 0.1) is 11.6 Å². The lowest BCUT2D eigenvalue weighted by molar-refractivity contribution is -0.122. The molecule has 0 bridgehead atoms. The van der Waals surface area contributed by atoms with Gasteiger partial charge in [0.2, 0.25) is 5.91 Å². The van der Waals surface area contributed by atoms with Gasteiger partial charge < -0.3 is 10.2 Å². The summed E-state index contributed by atoms with van der Waals surface area (Å²) in [6, 6.07) is 15.8. The molecule has 6 nitrogen and oxygen atoms in total. The molecule has 1 atom stereocenters. The van der Waals surface area contributed by atoms with Crippen LogP contribution in [0.25, 0.3) is 0 Å². The lowest BCUT2D eigenvalue weighted by Crippen LogP contribution is -2.47. The van der Waals surface area contributed by atoms with E-state index in [1.807, 2.05) is 43.3 Å². The Morgan fingerprint density at radius 3 is 2.56 bits per heavy atom. The summed E-state index contributed by atoms with van der Waals surface area (Å²) in [7, 11) is 0. The van der Waals surface area contributed by atoms with Gasteiger partial charge in [0.15, 0.2) is 0 Å². The fraction of sp³-hybridized carbons (Fsp3) is 0.381. The van der Waals surface area contributed by atoms with Crippen molar-refractivity contribution in [1.29, 1.82) is 5.26 Å². The number of pyridine rings is 1. The molecule has 3 rings (SSSR count). The number of nitriles is 1. The first-order valence-corrected chi connectivity index (χ1v) is 9.33. The molecule has 6 heteroatoms. The van der Waals surface area contributed by atoms with Crippen LogP contribution in [0.3, 0.4) is 0 Å². The van der Waals surface area contributed by atoms with E-state index < -0.39 is 0 Å². The molecule has 1 aliphatic rings. The van der Waals surface area contributed by atoms with Crippen LogP contribution in [0.5, 0.6) is 0 Å². The number of nitrogens with zero attached hydrogens (tertiary/aromatic N) is 4. The molecule has 1 saturated heterocycles. The molecule has 1 aromatic heterocycles. The number of carbonyl (C=O) groups is 1. The number of benzene rings is 1. The maximum atomic E-state index is 12.2. The monoisotopic (exact) mass is 363 g/mol. The average molecular weight is 363 g/mol. The Morgan fingerprint density at radius 1 is 1.19 bits per heavy atom. The van der Waals surface area contributed by atoms with Crippen molar-refractivity contribution in [2.75, 3.05) is 37.6 Å². The van der Waals surface area contributed by atoms with E-state index in [2.05, 4.69) is 26.2 Å². The van der Waals surface area contributed by atoms with E-state index in [-0.39, 0.29) is 11.9 Å². The first-order valence-electron chi connectivity index (χ1n) is 9.33. The molecule has 27 heavy (non-hydrogen) atoms. The molecular formula is C21H25N5O. The van der Waals surface area contributed by atoms with Gasteiger partial charge >= 0.3 is 0 Å². The topological polar surface area (TPSA) is 72.3 Å². The van der Waals surface area contributed by atoms with Crippen LogP contribution in [0.2, 0.25) is 0 Å². The first-order chi connectivity index (χ1) is 13.2. The minimum absolute atomic E-state index is 0.0259. The molecule has 1 unspecified atom stereocenters. The Kier molecular flexibility index (Phi) is 6.39. The van der Waals surface area contributed by atoms with E-state index in [4.69, 9.17) is 5.26 Å². The molecule has 0 radical (unpaired) electrons. The van der Waals surface area contributed by atoms with Crippen LogP contribution in [-0.2, 0) is 4.79 Å². The van der Waals surface area contributed by atoms with Gasteiger partial charge in [-0.3, -0.25) is 9.69 Å². The smallest absolute Gasteiger partial charge is 0.221 e. The summed E-state index contributed by atoms with van der Waals surface area (Å²) in [5.74, 6) is 0.991. The molecule has 2 aromatic rings. The van der Waals surface area contributed by atoms with E-state index in [0.717, 1.165) is 44.1 Å². The SMILES string of the molecule is CC(NC(=O)CCN1CCN(c2ccc(C#N)cn2)CC1)c1ccccc1. The number of hydrogen-bond donors (Lipinski definition) is 1. The molecule has 1 aromatic carbocycles. The van der Waals surface area contributed by atoms with Crippen molar-refractivity contribution in [2.24, 2.45) is 0 Å². The van der Waals surface area contributed by atoms with Gasteiger partial charge in [0.1, 0.15) is 11.9 Å². The molecule has 1 fully saturated rings. The van der Waals surface area contributed by atoms with Crippen molar-refractivity contribution in [3.63, 3.8) is 0 Å². The van der Waals surface area contributed by atoms with E-state index >= 15 is 0 Å². The Balaban J connectivity index is 1.40. The Hall–Kier alpha value is -2.91. The predicted octanol–water partition coefficient (Wildman–Crippen LogP) is 2.34. The van der Waals surface area contributed by atoms with Gasteiger partial charge in [0.25, 0.3) is 0 Å². The number of amides is 1. The van der Waals surface area contributed by atoms with Crippen molar-refractivity contribution < 1.29 is 4.79 Å². The quantitative estimate of drug-likeness (QED) is 0.853. The number of rotatable bonds is 6. The van der Waals surface area contributed by atoms with Gasteiger partial charge in [0, 0.05) is 45.3 Å². The fourth-order valence-electron chi connectivity index (χ4n) is 3.24. The Bertz CT molecular complexity index is 776. The zero-order chi connectivity index (χ0) is 19.1. The third-order valence-electron chi connectivity index (χ3n) is 4.91. The van der Waals surface area contributed by atoms with Gasteiger partial charge in [-0.2, -0.15) is 5.26 Å². The third kappa shape index (κ3) is 5.28. The first kappa shape index (κ1) is 18.9. The minimum Gasteiger partial charge on any atom is -0.354 e. The van der Waals surface area contributed by atoms with Crippen molar-refractivity contribution in [1.82, 2.24) is 15.2 Å². The number of aromatic nitrogens is 1. The summed E-state index contributed by atoms with van der Waals surface area (Å²) < 4.78 is 0. The van der Waals surface area contributed by atoms with Gasteiger partial charge in [-0.05, 0) is 24.6 Å². The molecule has 1 N–H and O–H groups in total. The summed E-state index contributed by atoms with van der Waals surface area (Å²) >= 11 is 0. The van der Waals surface area contributed by atoms with E-state index in [0.29, 0.717) is 12.0 Å². The van der Waals surface area contributed by atoms with Crippen LogP contribution in [0, 0.1) is 11.3 Å². The van der Waals surface area contributed by atoms with E-state index in [1.165, 1.54) is 0 Å². The molecule has 2 heterocycles. The maximum absolute atomic E-state index is 12.2. The van der Waals surface area contributed by atoms with Crippen LogP contribution < -0.4 is 10.2 Å². The molecular weight excluding hydrogens is 338 g/mol. The van der Waals surface area contributed by atoms with Crippen molar-refractivity contribution in [3.8, 4) is 6.07 Å². The largest absolute Gasteiger partial charge is 0.354 e. The summed E-state index contributed by atoms with van der Waals surface area (Å²) in [5, 5.41) is 11.9. The Labute approximate surface area is 160 Å². The number of hydrogen-bond acceptors (Lipinski definition) is 5. The van der Waals surface area contributed by atoms with Crippen molar-refractivity contribution in [3.05, 3.63) is 59.8 Å². The van der Waals surface area contributed by atoms with Crippen LogP contribution in [0.4, 0.5) is 5.82 Å². The minimum atomic E-state index is 0.0259. The highest BCUT2D eigenvalue weighted by atomic mass is 16.1. The molecule has 1 amide bonds. The van der Waals surface area contributed by atoms with E-state index in [1.54, 1.807) is 12.3 Å². The molecule has 1 aliphatic heterocycles. The molecule has 0 saturated carbocycles. The molecule has 140 valence electrons. The number of piperazine rings is 1. The van der Waals surface area contributed by atoms with Gasteiger partial charge in [-0.1, -0.05) is 30.3 Å². The zero-order valence-corrected chi connectivity index (χ0v) is 15.6. The van der Waals surface area contributed by atoms with Crippen LogP contribution in [-0.4, -0.2) is 48.5 Å². The predicted molar refractivity (Wildman–Crippen MR) is 105 cm³/mol. The van der Waals surface area contributed by atoms with E-state index in [9.17, 15) is 4.79 Å². The number of nitrogens with one attached hydrogen (secondary N) is 1. The van der Waals surface area contributed by atoms with Crippen molar-refractivity contribution >= 4 is 11.7 Å². The summed E-state index contributed by atoms with van der Waals surface area (Å²) in [6.45, 7) is 6.34. The second kappa shape index (κ2) is 9.15. The number of carbonyl (C=O) groups excluding carboxylic acids is 1. The fourth-order valence-corrected chi connectivity index (χ4v) is 3.24. The standard InChI is InChI=1S/C21H25N5O/c1-17(19-5-3-2-4-6-19)24-21(27)9-10-25-11-13-26(14-12-25)20-8-7-18(15-22)16-23-20/h2-8,16-17H,9-14H2,1H3,(H,24,27). The number of anilines is 1. The van der Waals surface area contributed by atoms with Crippen LogP contribution >= 0.6 is 0 Å². The van der Waals surface area contributed by atoms with Crippen molar-refractivity contribution in [2.45, 2.75) is 19.4 Å².